The maximum Gasteiger partial charge on any atom is 0.300 e. The van der Waals surface area contributed by atoms with E-state index in [9.17, 15) is 0 Å². The number of para-hydroxylation sites is 1. The third kappa shape index (κ3) is 9.27. The van der Waals surface area contributed by atoms with E-state index in [1.54, 1.807) is 6.33 Å². The second-order valence-corrected chi connectivity index (χ2v) is 2.60. The lowest BCUT2D eigenvalue weighted by Crippen LogP contribution is -1.78. The van der Waals surface area contributed by atoms with Crippen LogP contribution < -0.4 is 0 Å². The maximum atomic E-state index is 9.00. The van der Waals surface area contributed by atoms with E-state index in [4.69, 9.17) is 9.90 Å². The summed E-state index contributed by atoms with van der Waals surface area (Å²) in [7, 11) is 0. The van der Waals surface area contributed by atoms with E-state index in [1.807, 2.05) is 58.2 Å². The summed E-state index contributed by atoms with van der Waals surface area (Å²) in [6, 6.07) is 7.91. The summed E-state index contributed by atoms with van der Waals surface area (Å²) in [5.74, 6) is -0.833. The topological polar surface area (TPSA) is 63.1 Å². The highest BCUT2D eigenvalue weighted by molar-refractivity contribution is 5.76. The summed E-state index contributed by atoms with van der Waals surface area (Å²) in [6.45, 7) is 9.08. The van der Waals surface area contributed by atoms with Crippen LogP contribution in [0.2, 0.25) is 0 Å². The molecule has 1 aromatic carbocycles. The van der Waals surface area contributed by atoms with E-state index in [1.165, 1.54) is 0 Å². The van der Waals surface area contributed by atoms with Gasteiger partial charge in [-0.2, -0.15) is 0 Å². The minimum Gasteiger partial charge on any atom is -0.481 e. The molecular weight excluding hydrogens is 228 g/mol. The Labute approximate surface area is 109 Å². The molecule has 0 saturated carbocycles. The Morgan fingerprint density at radius 1 is 1.11 bits per heavy atom. The van der Waals surface area contributed by atoms with Crippen LogP contribution in [0.15, 0.2) is 36.8 Å². The van der Waals surface area contributed by atoms with E-state index < -0.39 is 5.97 Å². The number of hydrogen-bond acceptors (Lipinski definition) is 3. The fraction of sp³-hybridized carbons (Fsp3) is 0.357. The third-order valence-electron chi connectivity index (χ3n) is 1.41. The van der Waals surface area contributed by atoms with Crippen LogP contribution in [0, 0.1) is 0 Å². The SMILES string of the molecule is CC.CC.CC(=O)O.c1ccc2ncncc2c1. The number of rotatable bonds is 0. The van der Waals surface area contributed by atoms with Gasteiger partial charge in [0.1, 0.15) is 6.33 Å². The molecule has 1 N–H and O–H groups in total. The fourth-order valence-corrected chi connectivity index (χ4v) is 0.923. The van der Waals surface area contributed by atoms with Crippen molar-refractivity contribution in [2.45, 2.75) is 34.6 Å². The minimum absolute atomic E-state index is 0.833. The molecule has 0 unspecified atom stereocenters. The first kappa shape index (κ1) is 18.4. The number of hydrogen-bond donors (Lipinski definition) is 1. The van der Waals surface area contributed by atoms with Gasteiger partial charge in [-0.05, 0) is 6.07 Å². The molecule has 0 aliphatic rings. The van der Waals surface area contributed by atoms with Gasteiger partial charge in [-0.3, -0.25) is 4.79 Å². The Hall–Kier alpha value is -1.97. The fourth-order valence-electron chi connectivity index (χ4n) is 0.923. The van der Waals surface area contributed by atoms with Crippen LogP contribution in [-0.4, -0.2) is 21.0 Å². The summed E-state index contributed by atoms with van der Waals surface area (Å²) in [5, 5.41) is 8.50. The van der Waals surface area contributed by atoms with Crippen LogP contribution >= 0.6 is 0 Å². The summed E-state index contributed by atoms with van der Waals surface area (Å²) in [5.41, 5.74) is 0.998. The van der Waals surface area contributed by atoms with Gasteiger partial charge in [-0.15, -0.1) is 0 Å². The van der Waals surface area contributed by atoms with Crippen LogP contribution in [0.1, 0.15) is 34.6 Å². The Bertz CT molecular complexity index is 361. The molecule has 1 heterocycles. The number of carboxylic acids is 1. The van der Waals surface area contributed by atoms with Gasteiger partial charge >= 0.3 is 0 Å². The second kappa shape index (κ2) is 13.1. The lowest BCUT2D eigenvalue weighted by atomic mass is 10.2. The number of fused-ring (bicyclic) bond motifs is 1. The first-order valence-corrected chi connectivity index (χ1v) is 6.04. The monoisotopic (exact) mass is 250 g/mol. The van der Waals surface area contributed by atoms with Crippen LogP contribution in [0.4, 0.5) is 0 Å². The zero-order valence-electron chi connectivity index (χ0n) is 11.7. The highest BCUT2D eigenvalue weighted by Gasteiger charge is 1.87. The van der Waals surface area contributed by atoms with Crippen molar-refractivity contribution in [1.29, 1.82) is 0 Å². The molecule has 0 saturated heterocycles. The highest BCUT2D eigenvalue weighted by atomic mass is 16.4. The van der Waals surface area contributed by atoms with Gasteiger partial charge in [-0.25, -0.2) is 9.97 Å². The molecule has 0 aliphatic heterocycles. The summed E-state index contributed by atoms with van der Waals surface area (Å²) >= 11 is 0. The standard InChI is InChI=1S/C8H6N2.C2H4O2.2C2H6/c1-2-4-8-7(3-1)5-9-6-10-8;1-2(3)4;2*1-2/h1-6H;1H3,(H,3,4);2*1-2H3. The molecule has 4 heteroatoms. The van der Waals surface area contributed by atoms with Gasteiger partial charge in [0.2, 0.25) is 0 Å². The van der Waals surface area contributed by atoms with Crippen molar-refractivity contribution in [1.82, 2.24) is 9.97 Å². The average molecular weight is 250 g/mol. The number of carboxylic acid groups (broad SMARTS) is 1. The normalized spacial score (nSPS) is 7.61. The van der Waals surface area contributed by atoms with E-state index in [-0.39, 0.29) is 0 Å². The van der Waals surface area contributed by atoms with Gasteiger partial charge in [0.15, 0.2) is 0 Å². The van der Waals surface area contributed by atoms with Crippen molar-refractivity contribution in [2.24, 2.45) is 0 Å². The van der Waals surface area contributed by atoms with Crippen LogP contribution in [-0.2, 0) is 4.79 Å². The first-order valence-electron chi connectivity index (χ1n) is 6.04. The van der Waals surface area contributed by atoms with Gasteiger partial charge in [0.05, 0.1) is 5.52 Å². The van der Waals surface area contributed by atoms with Crippen LogP contribution in [0.25, 0.3) is 10.9 Å². The zero-order chi connectivity index (χ0) is 14.4. The summed E-state index contributed by atoms with van der Waals surface area (Å²) < 4.78 is 0. The van der Waals surface area contributed by atoms with Crippen molar-refractivity contribution in [3.05, 3.63) is 36.8 Å². The van der Waals surface area contributed by atoms with E-state index in [0.717, 1.165) is 17.8 Å². The molecule has 2 rings (SSSR count). The third-order valence-corrected chi connectivity index (χ3v) is 1.41. The predicted octanol–water partition coefficient (Wildman–Crippen LogP) is 3.77. The molecule has 1 aromatic heterocycles. The van der Waals surface area contributed by atoms with Crippen molar-refractivity contribution in [3.63, 3.8) is 0 Å². The molecule has 0 fully saturated rings. The lowest BCUT2D eigenvalue weighted by molar-refractivity contribution is -0.134. The Morgan fingerprint density at radius 3 is 2.11 bits per heavy atom. The molecule has 0 spiro atoms. The van der Waals surface area contributed by atoms with Crippen molar-refractivity contribution in [3.8, 4) is 0 Å². The molecular formula is C14H22N2O2. The maximum absolute atomic E-state index is 9.00. The van der Waals surface area contributed by atoms with Gasteiger partial charge < -0.3 is 5.11 Å². The molecule has 0 radical (unpaired) electrons. The summed E-state index contributed by atoms with van der Waals surface area (Å²) in [6.07, 6.45) is 3.37. The second-order valence-electron chi connectivity index (χ2n) is 2.60. The zero-order valence-corrected chi connectivity index (χ0v) is 11.7. The Balaban J connectivity index is 0. The molecule has 18 heavy (non-hydrogen) atoms. The van der Waals surface area contributed by atoms with Crippen molar-refractivity contribution >= 4 is 16.9 Å². The number of benzene rings is 1. The smallest absolute Gasteiger partial charge is 0.300 e. The molecule has 100 valence electrons. The number of aromatic nitrogens is 2. The highest BCUT2D eigenvalue weighted by Crippen LogP contribution is 2.06. The molecule has 2 aromatic rings. The quantitative estimate of drug-likeness (QED) is 0.773. The molecule has 0 bridgehead atoms. The summed E-state index contributed by atoms with van der Waals surface area (Å²) in [4.78, 5) is 17.0. The van der Waals surface area contributed by atoms with E-state index in [2.05, 4.69) is 9.97 Å². The van der Waals surface area contributed by atoms with E-state index in [0.29, 0.717) is 0 Å². The minimum atomic E-state index is -0.833. The van der Waals surface area contributed by atoms with Crippen molar-refractivity contribution in [2.75, 3.05) is 0 Å². The van der Waals surface area contributed by atoms with Gasteiger partial charge in [-0.1, -0.05) is 45.9 Å². The predicted molar refractivity (Wildman–Crippen MR) is 75.5 cm³/mol. The largest absolute Gasteiger partial charge is 0.481 e. The van der Waals surface area contributed by atoms with Crippen LogP contribution in [0.5, 0.6) is 0 Å². The number of carbonyl (C=O) groups is 1. The molecule has 4 nitrogen and oxygen atoms in total. The number of aliphatic carboxylic acids is 1. The Morgan fingerprint density at radius 2 is 1.61 bits per heavy atom. The van der Waals surface area contributed by atoms with E-state index >= 15 is 0 Å². The lowest BCUT2D eigenvalue weighted by Gasteiger charge is -1.90. The number of nitrogens with zero attached hydrogens (tertiary/aromatic N) is 2. The van der Waals surface area contributed by atoms with Crippen LogP contribution in [0.3, 0.4) is 0 Å². The molecule has 0 aliphatic carbocycles. The first-order chi connectivity index (χ1) is 8.70. The molecule has 0 amide bonds. The average Bonchev–Trinajstić information content (AvgIpc) is 2.43. The van der Waals surface area contributed by atoms with Gasteiger partial charge in [0.25, 0.3) is 5.97 Å². The molecule has 0 atom stereocenters. The van der Waals surface area contributed by atoms with Crippen molar-refractivity contribution < 1.29 is 9.90 Å². The van der Waals surface area contributed by atoms with Gasteiger partial charge in [0, 0.05) is 18.5 Å². The Kier molecular flexibility index (Phi) is 13.4.